The van der Waals surface area contributed by atoms with E-state index >= 15 is 0 Å². The smallest absolute Gasteiger partial charge is 0.263 e. The van der Waals surface area contributed by atoms with Crippen molar-refractivity contribution in [3.63, 3.8) is 0 Å². The molecule has 0 amide bonds. The number of sulfonamides is 1. The minimum atomic E-state index is -4.18. The molecule has 0 fully saturated rings. The Hall–Kier alpha value is -3.76. The maximum absolute atomic E-state index is 14.1. The van der Waals surface area contributed by atoms with Crippen molar-refractivity contribution in [2.24, 2.45) is 0 Å². The molecule has 37 heavy (non-hydrogen) atoms. The zero-order chi connectivity index (χ0) is 26.0. The van der Waals surface area contributed by atoms with Crippen LogP contribution in [0.2, 0.25) is 0 Å². The number of nitrogens with one attached hydrogen (secondary N) is 1. The zero-order valence-corrected chi connectivity index (χ0v) is 21.8. The molecule has 5 rings (SSSR count). The highest BCUT2D eigenvalue weighted by atomic mass is 32.2. The number of nitrogens with zero attached hydrogens (tertiary/aromatic N) is 3. The first-order chi connectivity index (χ1) is 17.8. The van der Waals surface area contributed by atoms with Gasteiger partial charge in [-0.05, 0) is 42.8 Å². The number of benzene rings is 3. The van der Waals surface area contributed by atoms with E-state index in [1.54, 1.807) is 59.2 Å². The molecule has 0 saturated carbocycles. The van der Waals surface area contributed by atoms with Crippen LogP contribution in [0.4, 0.5) is 5.82 Å². The molecular formula is C27H26N4O4S2. The van der Waals surface area contributed by atoms with Crippen LogP contribution in [-0.2, 0) is 26.4 Å². The van der Waals surface area contributed by atoms with E-state index in [-0.39, 0.29) is 26.0 Å². The largest absolute Gasteiger partial charge is 0.309 e. The highest BCUT2D eigenvalue weighted by Crippen LogP contribution is 2.38. The Morgan fingerprint density at radius 2 is 1.30 bits per heavy atom. The van der Waals surface area contributed by atoms with Crippen LogP contribution >= 0.6 is 0 Å². The van der Waals surface area contributed by atoms with Crippen molar-refractivity contribution in [3.05, 3.63) is 84.9 Å². The van der Waals surface area contributed by atoms with Crippen LogP contribution in [0.1, 0.15) is 26.2 Å². The van der Waals surface area contributed by atoms with Gasteiger partial charge in [0.1, 0.15) is 16.2 Å². The minimum absolute atomic E-state index is 0.0227. The average Bonchev–Trinajstić information content (AvgIpc) is 3.20. The minimum Gasteiger partial charge on any atom is -0.309 e. The topological polar surface area (TPSA) is 111 Å². The van der Waals surface area contributed by atoms with E-state index < -0.39 is 19.9 Å². The van der Waals surface area contributed by atoms with Gasteiger partial charge >= 0.3 is 0 Å². The normalized spacial score (nSPS) is 12.2. The zero-order valence-electron chi connectivity index (χ0n) is 20.2. The summed E-state index contributed by atoms with van der Waals surface area (Å²) in [5, 5.41) is 0. The maximum Gasteiger partial charge on any atom is 0.263 e. The number of hydrogen-bond donors (Lipinski definition) is 1. The Morgan fingerprint density at radius 3 is 1.92 bits per heavy atom. The Balaban J connectivity index is 1.85. The Morgan fingerprint density at radius 1 is 0.730 bits per heavy atom. The van der Waals surface area contributed by atoms with Crippen molar-refractivity contribution < 1.29 is 16.8 Å². The maximum atomic E-state index is 14.1. The van der Waals surface area contributed by atoms with Gasteiger partial charge in [0, 0.05) is 6.54 Å². The third-order valence-electron chi connectivity index (χ3n) is 6.10. The number of para-hydroxylation sites is 2. The number of rotatable bonds is 9. The summed E-state index contributed by atoms with van der Waals surface area (Å²) in [7, 11) is -8.30. The number of aromatic nitrogens is 3. The second-order valence-electron chi connectivity index (χ2n) is 8.66. The second kappa shape index (κ2) is 9.95. The van der Waals surface area contributed by atoms with Crippen LogP contribution < -0.4 is 4.72 Å². The van der Waals surface area contributed by atoms with E-state index in [1.807, 2.05) is 6.07 Å². The third-order valence-corrected chi connectivity index (χ3v) is 9.27. The molecule has 3 aromatic carbocycles. The molecule has 190 valence electrons. The first kappa shape index (κ1) is 24.9. The molecule has 0 aliphatic rings. The number of sulfone groups is 1. The lowest BCUT2D eigenvalue weighted by molar-refractivity contribution is 0.592. The summed E-state index contributed by atoms with van der Waals surface area (Å²) < 4.78 is 59.2. The Bertz CT molecular complexity index is 1780. The first-order valence-corrected chi connectivity index (χ1v) is 15.0. The monoisotopic (exact) mass is 534 g/mol. The van der Waals surface area contributed by atoms with Gasteiger partial charge < -0.3 is 4.57 Å². The molecule has 0 aliphatic heterocycles. The SMILES string of the molecule is CCCCCn1c(NS(=O)(=O)c2ccccc2)c(S(=O)(=O)c2ccccc2)c2nc3ccccc3nc21. The van der Waals surface area contributed by atoms with Crippen LogP contribution in [0.3, 0.4) is 0 Å². The van der Waals surface area contributed by atoms with Crippen molar-refractivity contribution in [1.29, 1.82) is 0 Å². The summed E-state index contributed by atoms with van der Waals surface area (Å²) in [6.07, 6.45) is 2.53. The van der Waals surface area contributed by atoms with Gasteiger partial charge in [-0.15, -0.1) is 0 Å². The van der Waals surface area contributed by atoms with Gasteiger partial charge in [-0.1, -0.05) is 68.3 Å². The van der Waals surface area contributed by atoms with E-state index in [0.29, 0.717) is 29.6 Å². The lowest BCUT2D eigenvalue weighted by atomic mass is 10.2. The molecule has 0 atom stereocenters. The molecule has 5 aromatic rings. The van der Waals surface area contributed by atoms with Gasteiger partial charge in [-0.3, -0.25) is 4.72 Å². The number of unbranched alkanes of at least 4 members (excludes halogenated alkanes) is 2. The molecule has 2 aromatic heterocycles. The van der Waals surface area contributed by atoms with Crippen LogP contribution in [0.25, 0.3) is 22.2 Å². The predicted octanol–water partition coefficient (Wildman–Crippen LogP) is 5.41. The Kier molecular flexibility index (Phi) is 6.70. The van der Waals surface area contributed by atoms with Crippen molar-refractivity contribution in [2.45, 2.75) is 47.4 Å². The molecule has 0 radical (unpaired) electrons. The summed E-state index contributed by atoms with van der Waals surface area (Å²) in [6.45, 7) is 2.43. The van der Waals surface area contributed by atoms with Crippen molar-refractivity contribution in [2.75, 3.05) is 4.72 Å². The number of aryl methyl sites for hydroxylation is 1. The third kappa shape index (κ3) is 4.70. The highest BCUT2D eigenvalue weighted by molar-refractivity contribution is 7.93. The van der Waals surface area contributed by atoms with Gasteiger partial charge in [-0.25, -0.2) is 26.8 Å². The summed E-state index contributed by atoms with van der Waals surface area (Å²) in [6, 6.07) is 23.0. The molecule has 0 saturated heterocycles. The predicted molar refractivity (Wildman–Crippen MR) is 144 cm³/mol. The quantitative estimate of drug-likeness (QED) is 0.253. The number of fused-ring (bicyclic) bond motifs is 2. The first-order valence-electron chi connectivity index (χ1n) is 12.0. The number of anilines is 1. The van der Waals surface area contributed by atoms with Gasteiger partial charge in [0.2, 0.25) is 9.84 Å². The number of hydrogen-bond acceptors (Lipinski definition) is 6. The molecule has 0 spiro atoms. The Labute approximate surface area is 216 Å². The highest BCUT2D eigenvalue weighted by Gasteiger charge is 2.33. The van der Waals surface area contributed by atoms with Crippen LogP contribution in [0.15, 0.2) is 99.6 Å². The fourth-order valence-electron chi connectivity index (χ4n) is 4.27. The van der Waals surface area contributed by atoms with Crippen molar-refractivity contribution >= 4 is 47.9 Å². The lowest BCUT2D eigenvalue weighted by Gasteiger charge is -2.14. The van der Waals surface area contributed by atoms with Crippen LogP contribution in [0, 0.1) is 0 Å². The molecule has 1 N–H and O–H groups in total. The molecule has 0 aliphatic carbocycles. The molecule has 0 bridgehead atoms. The molecule has 2 heterocycles. The fourth-order valence-corrected chi connectivity index (χ4v) is 6.99. The van der Waals surface area contributed by atoms with E-state index in [2.05, 4.69) is 16.6 Å². The van der Waals surface area contributed by atoms with E-state index in [1.165, 1.54) is 24.3 Å². The van der Waals surface area contributed by atoms with Gasteiger partial charge in [-0.2, -0.15) is 0 Å². The van der Waals surface area contributed by atoms with Crippen molar-refractivity contribution in [3.8, 4) is 0 Å². The summed E-state index contributed by atoms with van der Waals surface area (Å²) >= 11 is 0. The van der Waals surface area contributed by atoms with Gasteiger partial charge in [0.15, 0.2) is 5.65 Å². The summed E-state index contributed by atoms with van der Waals surface area (Å²) in [5.41, 5.74) is 1.55. The molecular weight excluding hydrogens is 508 g/mol. The van der Waals surface area contributed by atoms with Crippen molar-refractivity contribution in [1.82, 2.24) is 14.5 Å². The van der Waals surface area contributed by atoms with Gasteiger partial charge in [0.05, 0.1) is 20.8 Å². The molecule has 8 nitrogen and oxygen atoms in total. The fraction of sp³-hybridized carbons (Fsp3) is 0.185. The van der Waals surface area contributed by atoms with E-state index in [4.69, 9.17) is 4.98 Å². The molecule has 10 heteroatoms. The van der Waals surface area contributed by atoms with Crippen LogP contribution in [0.5, 0.6) is 0 Å². The molecule has 0 unspecified atom stereocenters. The van der Waals surface area contributed by atoms with E-state index in [0.717, 1.165) is 12.8 Å². The second-order valence-corrected chi connectivity index (χ2v) is 12.2. The lowest BCUT2D eigenvalue weighted by Crippen LogP contribution is -2.18. The summed E-state index contributed by atoms with van der Waals surface area (Å²) in [4.78, 5) is 9.29. The van der Waals surface area contributed by atoms with E-state index in [9.17, 15) is 16.8 Å². The van der Waals surface area contributed by atoms with Crippen LogP contribution in [-0.4, -0.2) is 31.4 Å². The standard InChI is InChI=1S/C27H26N4O4S2/c1-2-3-12-19-31-26-24(28-22-17-10-11-18-23(22)29-26)25(36(32,33)20-13-6-4-7-14-20)27(31)30-37(34,35)21-15-8-5-9-16-21/h4-11,13-18,30H,2-3,12,19H2,1H3. The van der Waals surface area contributed by atoms with Gasteiger partial charge in [0.25, 0.3) is 10.0 Å². The summed E-state index contributed by atoms with van der Waals surface area (Å²) in [5.74, 6) is -0.0610. The average molecular weight is 535 g/mol.